The van der Waals surface area contributed by atoms with E-state index in [2.05, 4.69) is 34.1 Å². The summed E-state index contributed by atoms with van der Waals surface area (Å²) in [5.41, 5.74) is 1.10. The molecule has 0 fully saturated rings. The summed E-state index contributed by atoms with van der Waals surface area (Å²) < 4.78 is 1.90. The van der Waals surface area contributed by atoms with Crippen molar-refractivity contribution in [1.29, 1.82) is 0 Å². The van der Waals surface area contributed by atoms with E-state index in [4.69, 9.17) is 0 Å². The van der Waals surface area contributed by atoms with E-state index in [-0.39, 0.29) is 0 Å². The lowest BCUT2D eigenvalue weighted by Gasteiger charge is -2.15. The van der Waals surface area contributed by atoms with Crippen LogP contribution in [0.25, 0.3) is 5.82 Å². The summed E-state index contributed by atoms with van der Waals surface area (Å²) in [4.78, 5) is 12.6. The van der Waals surface area contributed by atoms with E-state index in [1.54, 1.807) is 18.9 Å². The van der Waals surface area contributed by atoms with Crippen LogP contribution in [0.5, 0.6) is 0 Å². The van der Waals surface area contributed by atoms with E-state index in [1.165, 1.54) is 0 Å². The van der Waals surface area contributed by atoms with Crippen molar-refractivity contribution < 1.29 is 0 Å². The monoisotopic (exact) mass is 217 g/mol. The van der Waals surface area contributed by atoms with Gasteiger partial charge < -0.3 is 5.32 Å². The second-order valence-electron chi connectivity index (χ2n) is 3.83. The summed E-state index contributed by atoms with van der Waals surface area (Å²) in [6, 6.07) is 0. The van der Waals surface area contributed by atoms with Crippen molar-refractivity contribution in [2.24, 2.45) is 0 Å². The third kappa shape index (κ3) is 1.76. The van der Waals surface area contributed by atoms with Gasteiger partial charge in [0.05, 0.1) is 0 Å². The molecule has 2 aromatic heterocycles. The summed E-state index contributed by atoms with van der Waals surface area (Å²) >= 11 is 0. The van der Waals surface area contributed by atoms with Gasteiger partial charge in [-0.05, 0) is 5.92 Å². The van der Waals surface area contributed by atoms with Crippen molar-refractivity contribution in [2.45, 2.75) is 19.8 Å². The lowest BCUT2D eigenvalue weighted by atomic mass is 10.0. The molecule has 0 radical (unpaired) electrons. The third-order valence-corrected chi connectivity index (χ3v) is 2.43. The Morgan fingerprint density at radius 2 is 2.12 bits per heavy atom. The molecule has 0 spiro atoms. The number of nitrogens with zero attached hydrogens (tertiary/aromatic N) is 4. The van der Waals surface area contributed by atoms with Crippen LogP contribution in [0.1, 0.15) is 25.3 Å². The van der Waals surface area contributed by atoms with Crippen molar-refractivity contribution in [3.8, 4) is 5.82 Å². The maximum Gasteiger partial charge on any atom is 0.146 e. The van der Waals surface area contributed by atoms with E-state index >= 15 is 0 Å². The molecule has 2 heterocycles. The van der Waals surface area contributed by atoms with E-state index in [9.17, 15) is 0 Å². The van der Waals surface area contributed by atoms with Crippen molar-refractivity contribution in [3.63, 3.8) is 0 Å². The Bertz CT molecular complexity index is 461. The van der Waals surface area contributed by atoms with Gasteiger partial charge in [-0.2, -0.15) is 0 Å². The Kier molecular flexibility index (Phi) is 2.85. The Morgan fingerprint density at radius 3 is 2.69 bits per heavy atom. The molecule has 5 nitrogen and oxygen atoms in total. The zero-order valence-electron chi connectivity index (χ0n) is 9.68. The van der Waals surface area contributed by atoms with Crippen LogP contribution in [-0.4, -0.2) is 26.6 Å². The summed E-state index contributed by atoms with van der Waals surface area (Å²) in [6.45, 7) is 4.25. The second-order valence-corrected chi connectivity index (χ2v) is 3.83. The van der Waals surface area contributed by atoms with Crippen LogP contribution in [0.3, 0.4) is 0 Å². The van der Waals surface area contributed by atoms with Gasteiger partial charge in [0.25, 0.3) is 0 Å². The summed E-state index contributed by atoms with van der Waals surface area (Å²) in [6.07, 6.45) is 6.93. The van der Waals surface area contributed by atoms with Gasteiger partial charge >= 0.3 is 0 Å². The lowest BCUT2D eigenvalue weighted by molar-refractivity contribution is 0.817. The number of nitrogens with one attached hydrogen (secondary N) is 1. The van der Waals surface area contributed by atoms with Gasteiger partial charge in [0.1, 0.15) is 24.3 Å². The standard InChI is InChI=1S/C11H15N5/c1-8(2)9-10(12-3)14-6-15-11(9)16-5-4-13-7-16/h4-8H,1-3H3,(H,12,14,15). The molecule has 5 heteroatoms. The van der Waals surface area contributed by atoms with E-state index in [0.717, 1.165) is 17.2 Å². The summed E-state index contributed by atoms with van der Waals surface area (Å²) in [5, 5.41) is 3.09. The summed E-state index contributed by atoms with van der Waals surface area (Å²) in [7, 11) is 1.87. The molecule has 0 aliphatic heterocycles. The molecule has 0 unspecified atom stereocenters. The molecule has 2 rings (SSSR count). The number of hydrogen-bond acceptors (Lipinski definition) is 4. The van der Waals surface area contributed by atoms with Crippen molar-refractivity contribution in [2.75, 3.05) is 12.4 Å². The van der Waals surface area contributed by atoms with Gasteiger partial charge in [0.15, 0.2) is 0 Å². The molecule has 0 saturated carbocycles. The number of rotatable bonds is 3. The zero-order chi connectivity index (χ0) is 11.5. The molecular formula is C11H15N5. The fraction of sp³-hybridized carbons (Fsp3) is 0.364. The lowest BCUT2D eigenvalue weighted by Crippen LogP contribution is -2.08. The highest BCUT2D eigenvalue weighted by molar-refractivity contribution is 5.53. The Hall–Kier alpha value is -1.91. The first-order valence-electron chi connectivity index (χ1n) is 5.25. The zero-order valence-corrected chi connectivity index (χ0v) is 9.68. The predicted octanol–water partition coefficient (Wildman–Crippen LogP) is 1.83. The van der Waals surface area contributed by atoms with Gasteiger partial charge in [-0.15, -0.1) is 0 Å². The van der Waals surface area contributed by atoms with Crippen LogP contribution >= 0.6 is 0 Å². The topological polar surface area (TPSA) is 55.6 Å². The SMILES string of the molecule is CNc1ncnc(-n2ccnc2)c1C(C)C. The highest BCUT2D eigenvalue weighted by Gasteiger charge is 2.14. The van der Waals surface area contributed by atoms with E-state index in [0.29, 0.717) is 5.92 Å². The highest BCUT2D eigenvalue weighted by Crippen LogP contribution is 2.26. The molecule has 0 atom stereocenters. The number of aromatic nitrogens is 4. The number of imidazole rings is 1. The fourth-order valence-electron chi connectivity index (χ4n) is 1.71. The molecule has 0 saturated heterocycles. The Labute approximate surface area is 94.6 Å². The minimum atomic E-state index is 0.348. The molecule has 0 aliphatic rings. The predicted molar refractivity (Wildman–Crippen MR) is 62.8 cm³/mol. The first kappa shape index (κ1) is 10.6. The molecule has 0 aromatic carbocycles. The van der Waals surface area contributed by atoms with Crippen LogP contribution in [0, 0.1) is 0 Å². The second kappa shape index (κ2) is 4.30. The minimum Gasteiger partial charge on any atom is -0.373 e. The van der Waals surface area contributed by atoms with Crippen LogP contribution < -0.4 is 5.32 Å². The maximum absolute atomic E-state index is 4.32. The Morgan fingerprint density at radius 1 is 1.31 bits per heavy atom. The van der Waals surface area contributed by atoms with Crippen molar-refractivity contribution >= 4 is 5.82 Å². The molecule has 84 valence electrons. The molecule has 16 heavy (non-hydrogen) atoms. The quantitative estimate of drug-likeness (QED) is 0.852. The minimum absolute atomic E-state index is 0.348. The van der Waals surface area contributed by atoms with Gasteiger partial charge in [-0.25, -0.2) is 15.0 Å². The molecule has 2 aromatic rings. The highest BCUT2D eigenvalue weighted by atomic mass is 15.1. The summed E-state index contributed by atoms with van der Waals surface area (Å²) in [5.74, 6) is 2.10. The van der Waals surface area contributed by atoms with Gasteiger partial charge in [0.2, 0.25) is 0 Å². The van der Waals surface area contributed by atoms with Crippen molar-refractivity contribution in [3.05, 3.63) is 30.6 Å². The largest absolute Gasteiger partial charge is 0.373 e. The molecule has 0 aliphatic carbocycles. The van der Waals surface area contributed by atoms with Crippen molar-refractivity contribution in [1.82, 2.24) is 19.5 Å². The Balaban J connectivity index is 2.61. The normalized spacial score (nSPS) is 10.8. The smallest absolute Gasteiger partial charge is 0.146 e. The molecule has 0 bridgehead atoms. The number of hydrogen-bond donors (Lipinski definition) is 1. The van der Waals surface area contributed by atoms with Crippen LogP contribution in [0.2, 0.25) is 0 Å². The molecular weight excluding hydrogens is 202 g/mol. The van der Waals surface area contributed by atoms with Gasteiger partial charge in [0, 0.05) is 25.0 Å². The number of anilines is 1. The first-order chi connectivity index (χ1) is 7.74. The molecule has 0 amide bonds. The first-order valence-corrected chi connectivity index (χ1v) is 5.25. The van der Waals surface area contributed by atoms with Crippen LogP contribution in [0.4, 0.5) is 5.82 Å². The maximum atomic E-state index is 4.32. The fourth-order valence-corrected chi connectivity index (χ4v) is 1.71. The van der Waals surface area contributed by atoms with Gasteiger partial charge in [-0.3, -0.25) is 4.57 Å². The van der Waals surface area contributed by atoms with E-state index < -0.39 is 0 Å². The van der Waals surface area contributed by atoms with Gasteiger partial charge in [-0.1, -0.05) is 13.8 Å². The third-order valence-electron chi connectivity index (χ3n) is 2.43. The van der Waals surface area contributed by atoms with Crippen LogP contribution in [0.15, 0.2) is 25.0 Å². The van der Waals surface area contributed by atoms with Crippen LogP contribution in [-0.2, 0) is 0 Å². The average molecular weight is 217 g/mol. The molecule has 1 N–H and O–H groups in total. The van der Waals surface area contributed by atoms with E-state index in [1.807, 2.05) is 17.8 Å². The average Bonchev–Trinajstić information content (AvgIpc) is 2.81.